The molecule has 0 saturated carbocycles. The Labute approximate surface area is 124 Å². The third-order valence-corrected chi connectivity index (χ3v) is 5.80. The van der Waals surface area contributed by atoms with Gasteiger partial charge in [-0.2, -0.15) is 4.31 Å². The molecular weight excluding hydrogens is 303 g/mol. The van der Waals surface area contributed by atoms with Crippen molar-refractivity contribution in [1.29, 1.82) is 0 Å². The first kappa shape index (κ1) is 15.7. The Balaban J connectivity index is 2.39. The highest BCUT2D eigenvalue weighted by Gasteiger charge is 2.33. The average molecular weight is 321 g/mol. The highest BCUT2D eigenvalue weighted by atomic mass is 35.5. The van der Waals surface area contributed by atoms with Crippen LogP contribution in [-0.2, 0) is 10.0 Å². The van der Waals surface area contributed by atoms with Gasteiger partial charge in [-0.05, 0) is 37.6 Å². The lowest BCUT2D eigenvalue weighted by atomic mass is 10.2. The number of benzene rings is 1. The molecule has 7 heteroatoms. The second-order valence-electron chi connectivity index (χ2n) is 4.84. The minimum Gasteiger partial charge on any atom is -0.315 e. The number of hydrogen-bond acceptors (Lipinski definition) is 3. The molecule has 0 spiro atoms. The van der Waals surface area contributed by atoms with Crippen molar-refractivity contribution in [2.75, 3.05) is 19.6 Å². The minimum absolute atomic E-state index is 0.0269. The fourth-order valence-electron chi connectivity index (χ4n) is 2.42. The van der Waals surface area contributed by atoms with Crippen molar-refractivity contribution in [2.24, 2.45) is 0 Å². The predicted molar refractivity (Wildman–Crippen MR) is 76.9 cm³/mol. The molecular formula is C13H18ClFN2O2S. The van der Waals surface area contributed by atoms with Crippen molar-refractivity contribution in [3.8, 4) is 0 Å². The second-order valence-corrected chi connectivity index (χ2v) is 7.10. The Bertz CT molecular complexity index is 574. The fourth-order valence-corrected chi connectivity index (χ4v) is 4.67. The van der Waals surface area contributed by atoms with Gasteiger partial charge in [-0.3, -0.25) is 0 Å². The molecule has 1 atom stereocenters. The van der Waals surface area contributed by atoms with E-state index < -0.39 is 15.8 Å². The zero-order chi connectivity index (χ0) is 14.8. The maximum atomic E-state index is 13.1. The van der Waals surface area contributed by atoms with Crippen LogP contribution in [-0.4, -0.2) is 38.4 Å². The third-order valence-electron chi connectivity index (χ3n) is 3.37. The van der Waals surface area contributed by atoms with Gasteiger partial charge in [-0.15, -0.1) is 0 Å². The van der Waals surface area contributed by atoms with E-state index in [0.717, 1.165) is 25.1 Å². The first-order valence-electron chi connectivity index (χ1n) is 6.64. The van der Waals surface area contributed by atoms with E-state index in [1.807, 2.05) is 6.92 Å². The van der Waals surface area contributed by atoms with Gasteiger partial charge in [0, 0.05) is 19.1 Å². The van der Waals surface area contributed by atoms with Crippen LogP contribution >= 0.6 is 11.6 Å². The summed E-state index contributed by atoms with van der Waals surface area (Å²) in [5.41, 5.74) is 0. The van der Waals surface area contributed by atoms with Crippen LogP contribution < -0.4 is 5.32 Å². The molecule has 1 unspecified atom stereocenters. The fraction of sp³-hybridized carbons (Fsp3) is 0.538. The molecule has 0 aliphatic carbocycles. The van der Waals surface area contributed by atoms with Crippen molar-refractivity contribution >= 4 is 21.6 Å². The summed E-state index contributed by atoms with van der Waals surface area (Å²) >= 11 is 5.90. The molecule has 1 aliphatic heterocycles. The Kier molecular flexibility index (Phi) is 5.01. The first-order valence-corrected chi connectivity index (χ1v) is 8.46. The van der Waals surface area contributed by atoms with Crippen LogP contribution in [0.4, 0.5) is 4.39 Å². The van der Waals surface area contributed by atoms with Crippen molar-refractivity contribution in [2.45, 2.75) is 30.7 Å². The van der Waals surface area contributed by atoms with Crippen LogP contribution in [0.25, 0.3) is 0 Å². The molecule has 1 heterocycles. The third kappa shape index (κ3) is 3.14. The van der Waals surface area contributed by atoms with Crippen LogP contribution in [0.15, 0.2) is 23.1 Å². The van der Waals surface area contributed by atoms with E-state index >= 15 is 0 Å². The van der Waals surface area contributed by atoms with Gasteiger partial charge in [-0.25, -0.2) is 12.8 Å². The van der Waals surface area contributed by atoms with Crippen LogP contribution in [0, 0.1) is 5.82 Å². The molecule has 1 aromatic rings. The van der Waals surface area contributed by atoms with E-state index in [-0.39, 0.29) is 16.0 Å². The van der Waals surface area contributed by atoms with E-state index in [4.69, 9.17) is 11.6 Å². The molecule has 0 aromatic heterocycles. The lowest BCUT2D eigenvalue weighted by molar-refractivity contribution is 0.335. The normalized spacial score (nSPS) is 19.7. The van der Waals surface area contributed by atoms with Gasteiger partial charge in [0.15, 0.2) is 0 Å². The van der Waals surface area contributed by atoms with Crippen LogP contribution in [0.5, 0.6) is 0 Å². The largest absolute Gasteiger partial charge is 0.315 e. The summed E-state index contributed by atoms with van der Waals surface area (Å²) in [6.07, 6.45) is 1.49. The number of nitrogens with zero attached hydrogens (tertiary/aromatic N) is 1. The number of sulfonamides is 1. The number of hydrogen-bond donors (Lipinski definition) is 1. The molecule has 4 nitrogen and oxygen atoms in total. The molecule has 0 radical (unpaired) electrons. The number of rotatable bonds is 5. The van der Waals surface area contributed by atoms with E-state index in [0.29, 0.717) is 19.5 Å². The van der Waals surface area contributed by atoms with Gasteiger partial charge in [-0.1, -0.05) is 18.5 Å². The molecule has 0 bridgehead atoms. The summed E-state index contributed by atoms with van der Waals surface area (Å²) in [5.74, 6) is -0.543. The van der Waals surface area contributed by atoms with Gasteiger partial charge in [0.2, 0.25) is 10.0 Å². The summed E-state index contributed by atoms with van der Waals surface area (Å²) in [7, 11) is -3.70. The second kappa shape index (κ2) is 6.39. The first-order chi connectivity index (χ1) is 9.46. The maximum Gasteiger partial charge on any atom is 0.244 e. The Hall–Kier alpha value is -0.690. The highest BCUT2D eigenvalue weighted by Crippen LogP contribution is 2.28. The van der Waals surface area contributed by atoms with E-state index in [1.165, 1.54) is 10.4 Å². The van der Waals surface area contributed by atoms with Crippen molar-refractivity contribution < 1.29 is 12.8 Å². The lowest BCUT2D eigenvalue weighted by Crippen LogP contribution is -2.42. The van der Waals surface area contributed by atoms with Crippen molar-refractivity contribution in [1.82, 2.24) is 9.62 Å². The summed E-state index contributed by atoms with van der Waals surface area (Å²) in [4.78, 5) is -0.0269. The molecule has 1 N–H and O–H groups in total. The SMILES string of the molecule is CCCN(C1CCNC1)S(=O)(=O)c1ccc(F)cc1Cl. The maximum absolute atomic E-state index is 13.1. The Morgan fingerprint density at radius 3 is 2.80 bits per heavy atom. The molecule has 1 aliphatic rings. The quantitative estimate of drug-likeness (QED) is 0.905. The zero-order valence-electron chi connectivity index (χ0n) is 11.3. The molecule has 0 amide bonds. The van der Waals surface area contributed by atoms with Gasteiger partial charge < -0.3 is 5.32 Å². The summed E-state index contributed by atoms with van der Waals surface area (Å²) < 4.78 is 40.0. The Morgan fingerprint density at radius 1 is 1.50 bits per heavy atom. The van der Waals surface area contributed by atoms with Crippen LogP contribution in [0.3, 0.4) is 0 Å². The molecule has 112 valence electrons. The summed E-state index contributed by atoms with van der Waals surface area (Å²) in [6, 6.07) is 3.32. The summed E-state index contributed by atoms with van der Waals surface area (Å²) in [6.45, 7) is 3.80. The molecule has 1 aromatic carbocycles. The summed E-state index contributed by atoms with van der Waals surface area (Å²) in [5, 5.41) is 3.09. The van der Waals surface area contributed by atoms with Crippen molar-refractivity contribution in [3.05, 3.63) is 29.0 Å². The molecule has 1 saturated heterocycles. The highest BCUT2D eigenvalue weighted by molar-refractivity contribution is 7.89. The van der Waals surface area contributed by atoms with E-state index in [2.05, 4.69) is 5.32 Å². The standard InChI is InChI=1S/C13H18ClFN2O2S/c1-2-7-17(11-5-6-16-9-11)20(18,19)13-4-3-10(15)8-12(13)14/h3-4,8,11,16H,2,5-7,9H2,1H3. The molecule has 2 rings (SSSR count). The molecule has 1 fully saturated rings. The van der Waals surface area contributed by atoms with Crippen LogP contribution in [0.2, 0.25) is 5.02 Å². The monoisotopic (exact) mass is 320 g/mol. The smallest absolute Gasteiger partial charge is 0.244 e. The topological polar surface area (TPSA) is 49.4 Å². The van der Waals surface area contributed by atoms with Gasteiger partial charge in [0.25, 0.3) is 0 Å². The number of nitrogens with one attached hydrogen (secondary N) is 1. The van der Waals surface area contributed by atoms with E-state index in [9.17, 15) is 12.8 Å². The lowest BCUT2D eigenvalue weighted by Gasteiger charge is -2.27. The average Bonchev–Trinajstić information content (AvgIpc) is 2.88. The minimum atomic E-state index is -3.70. The van der Waals surface area contributed by atoms with Crippen molar-refractivity contribution in [3.63, 3.8) is 0 Å². The van der Waals surface area contributed by atoms with E-state index in [1.54, 1.807) is 0 Å². The van der Waals surface area contributed by atoms with Gasteiger partial charge in [0.05, 0.1) is 5.02 Å². The zero-order valence-corrected chi connectivity index (χ0v) is 12.8. The van der Waals surface area contributed by atoms with Gasteiger partial charge in [0.1, 0.15) is 10.7 Å². The van der Waals surface area contributed by atoms with Crippen LogP contribution in [0.1, 0.15) is 19.8 Å². The molecule has 20 heavy (non-hydrogen) atoms. The van der Waals surface area contributed by atoms with Gasteiger partial charge >= 0.3 is 0 Å². The Morgan fingerprint density at radius 2 is 2.25 bits per heavy atom. The predicted octanol–water partition coefficient (Wildman–Crippen LogP) is 2.24. The number of halogens is 2.